The molecule has 0 fully saturated rings. The van der Waals surface area contributed by atoms with Crippen molar-refractivity contribution < 1.29 is 24.2 Å². The van der Waals surface area contributed by atoms with Gasteiger partial charge in [0, 0.05) is 3.57 Å². The highest BCUT2D eigenvalue weighted by Gasteiger charge is 2.15. The first-order valence-corrected chi connectivity index (χ1v) is 8.49. The summed E-state index contributed by atoms with van der Waals surface area (Å²) in [5, 5.41) is 29.8. The van der Waals surface area contributed by atoms with Crippen LogP contribution in [-0.2, 0) is 4.84 Å². The Morgan fingerprint density at radius 2 is 2.08 bits per heavy atom. The van der Waals surface area contributed by atoms with Gasteiger partial charge in [-0.1, -0.05) is 0 Å². The molecule has 0 aliphatic carbocycles. The number of aliphatic hydroxyl groups is 2. The molecule has 0 saturated heterocycles. The third-order valence-corrected chi connectivity index (χ3v) is 3.92. The molecule has 0 saturated carbocycles. The molecule has 0 spiro atoms. The average Bonchev–Trinajstić information content (AvgIpc) is 2.63. The van der Waals surface area contributed by atoms with E-state index < -0.39 is 24.4 Å². The Hall–Kier alpha value is -2.26. The van der Waals surface area contributed by atoms with Crippen LogP contribution in [0.2, 0.25) is 0 Å². The molecule has 7 nitrogen and oxygen atoms in total. The molecule has 4 N–H and O–H groups in total. The van der Waals surface area contributed by atoms with Crippen molar-refractivity contribution in [2.75, 3.05) is 18.5 Å². The topological polar surface area (TPSA) is 115 Å². The van der Waals surface area contributed by atoms with Crippen molar-refractivity contribution in [2.24, 2.45) is 0 Å². The maximum Gasteiger partial charge on any atom is 0.276 e. The summed E-state index contributed by atoms with van der Waals surface area (Å²) in [7, 11) is 0. The zero-order chi connectivity index (χ0) is 19.1. The van der Waals surface area contributed by atoms with Crippen LogP contribution in [0.5, 0.6) is 0 Å². The fourth-order valence-electron chi connectivity index (χ4n) is 1.96. The molecule has 1 atom stereocenters. The summed E-state index contributed by atoms with van der Waals surface area (Å²) < 4.78 is 14.8. The van der Waals surface area contributed by atoms with Crippen LogP contribution in [0.4, 0.5) is 15.8 Å². The number of hydroxylamine groups is 1. The predicted molar refractivity (Wildman–Crippen MR) is 100 cm³/mol. The fraction of sp³-hybridized carbons (Fsp3) is 0.176. The standard InChI is InChI=1S/C17H15FIN3O4/c18-14-6-11(19)2-4-15(14)21-16-5-10(7-20)1-3-13(16)17(25)22-26-9-12(24)8-23/h1-6,12,21,23-24H,8-9H2,(H,22,25)/t12-/m0/s1. The Morgan fingerprint density at radius 3 is 2.73 bits per heavy atom. The molecule has 0 unspecified atom stereocenters. The number of halogens is 2. The molecule has 2 rings (SSSR count). The molecule has 9 heteroatoms. The molecule has 1 amide bonds. The van der Waals surface area contributed by atoms with Crippen LogP contribution in [0.3, 0.4) is 0 Å². The SMILES string of the molecule is N#Cc1ccc(C(=O)NOC[C@@H](O)CO)c(Nc2ccc(I)cc2F)c1. The number of nitrogens with zero attached hydrogens (tertiary/aromatic N) is 1. The quantitative estimate of drug-likeness (QED) is 0.363. The largest absolute Gasteiger partial charge is 0.394 e. The summed E-state index contributed by atoms with van der Waals surface area (Å²) in [6.45, 7) is -0.807. The Labute approximate surface area is 162 Å². The summed E-state index contributed by atoms with van der Waals surface area (Å²) in [5.41, 5.74) is 2.88. The number of amides is 1. The van der Waals surface area contributed by atoms with Crippen LogP contribution in [0.25, 0.3) is 0 Å². The van der Waals surface area contributed by atoms with E-state index >= 15 is 0 Å². The summed E-state index contributed by atoms with van der Waals surface area (Å²) >= 11 is 1.98. The first-order valence-electron chi connectivity index (χ1n) is 7.42. The van der Waals surface area contributed by atoms with E-state index in [1.165, 1.54) is 30.3 Å². The van der Waals surface area contributed by atoms with Gasteiger partial charge in [-0.15, -0.1) is 0 Å². The predicted octanol–water partition coefficient (Wildman–Crippen LogP) is 2.06. The maximum absolute atomic E-state index is 14.1. The number of nitrogens with one attached hydrogen (secondary N) is 2. The molecule has 26 heavy (non-hydrogen) atoms. The number of aliphatic hydroxyl groups excluding tert-OH is 2. The first-order chi connectivity index (χ1) is 12.4. The van der Waals surface area contributed by atoms with Crippen molar-refractivity contribution in [1.29, 1.82) is 5.26 Å². The lowest BCUT2D eigenvalue weighted by atomic mass is 10.1. The highest BCUT2D eigenvalue weighted by atomic mass is 127. The summed E-state index contributed by atoms with van der Waals surface area (Å²) in [6.07, 6.45) is -1.13. The van der Waals surface area contributed by atoms with Crippen LogP contribution < -0.4 is 10.8 Å². The van der Waals surface area contributed by atoms with E-state index in [-0.39, 0.29) is 29.1 Å². The lowest BCUT2D eigenvalue weighted by Crippen LogP contribution is -2.30. The molecule has 0 radical (unpaired) electrons. The molecule has 2 aromatic rings. The lowest BCUT2D eigenvalue weighted by Gasteiger charge is -2.14. The minimum Gasteiger partial charge on any atom is -0.394 e. The zero-order valence-corrected chi connectivity index (χ0v) is 15.5. The van der Waals surface area contributed by atoms with E-state index in [2.05, 4.69) is 10.8 Å². The molecule has 0 bridgehead atoms. The van der Waals surface area contributed by atoms with Crippen molar-refractivity contribution in [1.82, 2.24) is 5.48 Å². The summed E-state index contributed by atoms with van der Waals surface area (Å²) in [6, 6.07) is 10.7. The van der Waals surface area contributed by atoms with E-state index in [9.17, 15) is 14.3 Å². The molecule has 2 aromatic carbocycles. The van der Waals surface area contributed by atoms with Crippen LogP contribution in [0, 0.1) is 20.7 Å². The van der Waals surface area contributed by atoms with Gasteiger partial charge in [-0.25, -0.2) is 9.87 Å². The number of rotatable bonds is 7. The van der Waals surface area contributed by atoms with Crippen LogP contribution in [-0.4, -0.2) is 35.4 Å². The second-order valence-electron chi connectivity index (χ2n) is 5.20. The number of carbonyl (C=O) groups is 1. The van der Waals surface area contributed by atoms with Crippen molar-refractivity contribution >= 4 is 39.9 Å². The third-order valence-electron chi connectivity index (χ3n) is 3.25. The number of hydrogen-bond acceptors (Lipinski definition) is 6. The van der Waals surface area contributed by atoms with Crippen LogP contribution >= 0.6 is 22.6 Å². The van der Waals surface area contributed by atoms with Crippen molar-refractivity contribution in [3.8, 4) is 6.07 Å². The van der Waals surface area contributed by atoms with Gasteiger partial charge in [0.25, 0.3) is 5.91 Å². The van der Waals surface area contributed by atoms with Gasteiger partial charge in [-0.05, 0) is 59.0 Å². The number of nitriles is 1. The van der Waals surface area contributed by atoms with Gasteiger partial charge in [0.1, 0.15) is 18.5 Å². The number of benzene rings is 2. The van der Waals surface area contributed by atoms with E-state index in [0.717, 1.165) is 0 Å². The van der Waals surface area contributed by atoms with Gasteiger partial charge in [-0.2, -0.15) is 5.26 Å². The molecular weight excluding hydrogens is 456 g/mol. The monoisotopic (exact) mass is 471 g/mol. The smallest absolute Gasteiger partial charge is 0.276 e. The molecular formula is C17H15FIN3O4. The van der Waals surface area contributed by atoms with Crippen LogP contribution in [0.1, 0.15) is 15.9 Å². The lowest BCUT2D eigenvalue weighted by molar-refractivity contribution is -0.0295. The highest BCUT2D eigenvalue weighted by Crippen LogP contribution is 2.25. The van der Waals surface area contributed by atoms with E-state index in [1.807, 2.05) is 28.7 Å². The van der Waals surface area contributed by atoms with Crippen molar-refractivity contribution in [3.63, 3.8) is 0 Å². The molecule has 0 aliphatic rings. The van der Waals surface area contributed by atoms with Gasteiger partial charge in [0.15, 0.2) is 0 Å². The molecule has 0 aliphatic heterocycles. The second kappa shape index (κ2) is 9.44. The van der Waals surface area contributed by atoms with Crippen molar-refractivity contribution in [2.45, 2.75) is 6.10 Å². The van der Waals surface area contributed by atoms with E-state index in [4.69, 9.17) is 15.2 Å². The van der Waals surface area contributed by atoms with Gasteiger partial charge in [0.2, 0.25) is 0 Å². The number of hydrogen-bond donors (Lipinski definition) is 4. The normalized spacial score (nSPS) is 11.5. The van der Waals surface area contributed by atoms with Crippen molar-refractivity contribution in [3.05, 3.63) is 56.9 Å². The summed E-state index contributed by atoms with van der Waals surface area (Å²) in [4.78, 5) is 17.1. The van der Waals surface area contributed by atoms with E-state index in [0.29, 0.717) is 3.57 Å². The molecule has 136 valence electrons. The number of anilines is 2. The Kier molecular flexibility index (Phi) is 7.28. The summed E-state index contributed by atoms with van der Waals surface area (Å²) in [5.74, 6) is -1.17. The zero-order valence-electron chi connectivity index (χ0n) is 13.4. The van der Waals surface area contributed by atoms with Gasteiger partial charge >= 0.3 is 0 Å². The minimum absolute atomic E-state index is 0.112. The van der Waals surface area contributed by atoms with E-state index in [1.54, 1.807) is 6.07 Å². The van der Waals surface area contributed by atoms with Gasteiger partial charge in [-0.3, -0.25) is 9.63 Å². The maximum atomic E-state index is 14.1. The Morgan fingerprint density at radius 1 is 1.31 bits per heavy atom. The molecule has 0 aromatic heterocycles. The second-order valence-corrected chi connectivity index (χ2v) is 6.45. The first kappa shape index (κ1) is 20.1. The van der Waals surface area contributed by atoms with Gasteiger partial charge in [0.05, 0.1) is 35.2 Å². The average molecular weight is 471 g/mol. The van der Waals surface area contributed by atoms with Crippen LogP contribution in [0.15, 0.2) is 36.4 Å². The third kappa shape index (κ3) is 5.37. The Bertz CT molecular complexity index is 841. The highest BCUT2D eigenvalue weighted by molar-refractivity contribution is 14.1. The minimum atomic E-state index is -1.13. The van der Waals surface area contributed by atoms with Gasteiger partial charge < -0.3 is 15.5 Å². The fourth-order valence-corrected chi connectivity index (χ4v) is 2.42. The number of carbonyl (C=O) groups excluding carboxylic acids is 1. The Balaban J connectivity index is 2.23. The molecule has 0 heterocycles.